The van der Waals surface area contributed by atoms with Crippen LogP contribution < -0.4 is 10.1 Å². The Kier molecular flexibility index (Phi) is 7.23. The van der Waals surface area contributed by atoms with Gasteiger partial charge in [0.1, 0.15) is 5.75 Å². The fourth-order valence-electron chi connectivity index (χ4n) is 2.02. The van der Waals surface area contributed by atoms with Crippen LogP contribution in [0, 0.1) is 5.41 Å². The van der Waals surface area contributed by atoms with Crippen LogP contribution in [-0.2, 0) is 0 Å². The van der Waals surface area contributed by atoms with Gasteiger partial charge in [-0.3, -0.25) is 4.79 Å². The zero-order valence-corrected chi connectivity index (χ0v) is 15.0. The molecule has 1 N–H and O–H groups in total. The smallest absolute Gasteiger partial charge is 0.251 e. The van der Waals surface area contributed by atoms with E-state index in [1.807, 2.05) is 18.2 Å². The van der Waals surface area contributed by atoms with E-state index in [-0.39, 0.29) is 17.4 Å². The van der Waals surface area contributed by atoms with E-state index in [1.54, 1.807) is 6.07 Å². The molecule has 0 saturated heterocycles. The second-order valence-corrected chi connectivity index (χ2v) is 7.04. The predicted octanol–water partition coefficient (Wildman–Crippen LogP) is 4.40. The number of nitrogens with one attached hydrogen (secondary N) is 1. The molecule has 1 aromatic carbocycles. The summed E-state index contributed by atoms with van der Waals surface area (Å²) in [6.07, 6.45) is 1.86. The Morgan fingerprint density at radius 3 is 2.67 bits per heavy atom. The maximum atomic E-state index is 12.4. The summed E-state index contributed by atoms with van der Waals surface area (Å²) in [5.74, 6) is 0.704. The highest BCUT2D eigenvalue weighted by Gasteiger charge is 2.26. The number of benzene rings is 1. The molecule has 1 rings (SSSR count). The summed E-state index contributed by atoms with van der Waals surface area (Å²) in [7, 11) is 0. The summed E-state index contributed by atoms with van der Waals surface area (Å²) < 4.78 is 5.58. The molecular weight excluding hydrogens is 330 g/mol. The van der Waals surface area contributed by atoms with Gasteiger partial charge in [0.25, 0.3) is 5.91 Å². The first kappa shape index (κ1) is 18.0. The number of alkyl halides is 1. The van der Waals surface area contributed by atoms with E-state index in [9.17, 15) is 4.79 Å². The first-order chi connectivity index (χ1) is 9.88. The van der Waals surface area contributed by atoms with Crippen LogP contribution in [0.15, 0.2) is 24.3 Å². The SMILES string of the molecule is CCCOc1cccc(C(=O)NC(CCBr)C(C)(C)C)c1. The van der Waals surface area contributed by atoms with Gasteiger partial charge >= 0.3 is 0 Å². The molecule has 1 unspecified atom stereocenters. The molecule has 21 heavy (non-hydrogen) atoms. The molecule has 1 atom stereocenters. The molecular formula is C17H26BrNO2. The number of ether oxygens (including phenoxy) is 1. The number of carbonyl (C=O) groups excluding carboxylic acids is 1. The number of halogens is 1. The maximum Gasteiger partial charge on any atom is 0.251 e. The van der Waals surface area contributed by atoms with Crippen LogP contribution in [0.25, 0.3) is 0 Å². The van der Waals surface area contributed by atoms with Crippen molar-refractivity contribution in [1.82, 2.24) is 5.32 Å². The van der Waals surface area contributed by atoms with Gasteiger partial charge in [-0.05, 0) is 36.5 Å². The van der Waals surface area contributed by atoms with Crippen LogP contribution in [0.1, 0.15) is 50.9 Å². The topological polar surface area (TPSA) is 38.3 Å². The van der Waals surface area contributed by atoms with Crippen LogP contribution in [0.5, 0.6) is 5.75 Å². The van der Waals surface area contributed by atoms with Crippen molar-refractivity contribution in [2.45, 2.75) is 46.6 Å². The highest BCUT2D eigenvalue weighted by atomic mass is 79.9. The lowest BCUT2D eigenvalue weighted by Crippen LogP contribution is -2.44. The third kappa shape index (κ3) is 6.08. The normalized spacial score (nSPS) is 12.8. The standard InChI is InChI=1S/C17H26BrNO2/c1-5-11-21-14-8-6-7-13(12-14)16(20)19-15(9-10-18)17(2,3)4/h6-8,12,15H,5,9-11H2,1-4H3,(H,19,20). The zero-order valence-electron chi connectivity index (χ0n) is 13.4. The Balaban J connectivity index is 2.78. The molecule has 0 radical (unpaired) electrons. The molecule has 0 heterocycles. The average Bonchev–Trinajstić information content (AvgIpc) is 2.44. The summed E-state index contributed by atoms with van der Waals surface area (Å²) in [6, 6.07) is 7.49. The van der Waals surface area contributed by atoms with Gasteiger partial charge in [0.05, 0.1) is 6.61 Å². The van der Waals surface area contributed by atoms with Gasteiger partial charge in [0.15, 0.2) is 0 Å². The molecule has 0 fully saturated rings. The Morgan fingerprint density at radius 1 is 1.38 bits per heavy atom. The maximum absolute atomic E-state index is 12.4. The van der Waals surface area contributed by atoms with Crippen LogP contribution in [-0.4, -0.2) is 23.9 Å². The number of hydrogen-bond acceptors (Lipinski definition) is 2. The Bertz CT molecular complexity index is 454. The molecule has 0 aliphatic rings. The monoisotopic (exact) mass is 355 g/mol. The van der Waals surface area contributed by atoms with Crippen LogP contribution in [0.4, 0.5) is 0 Å². The molecule has 3 nitrogen and oxygen atoms in total. The minimum Gasteiger partial charge on any atom is -0.494 e. The first-order valence-electron chi connectivity index (χ1n) is 7.48. The molecule has 0 aromatic heterocycles. The first-order valence-corrected chi connectivity index (χ1v) is 8.60. The van der Waals surface area contributed by atoms with Crippen molar-refractivity contribution in [2.24, 2.45) is 5.41 Å². The lowest BCUT2D eigenvalue weighted by molar-refractivity contribution is 0.0900. The largest absolute Gasteiger partial charge is 0.494 e. The van der Waals surface area contributed by atoms with Crippen molar-refractivity contribution < 1.29 is 9.53 Å². The quantitative estimate of drug-likeness (QED) is 0.735. The van der Waals surface area contributed by atoms with Crippen molar-refractivity contribution in [3.8, 4) is 5.75 Å². The minimum atomic E-state index is -0.0437. The molecule has 1 aromatic rings. The van der Waals surface area contributed by atoms with E-state index in [4.69, 9.17) is 4.74 Å². The molecule has 0 aliphatic carbocycles. The summed E-state index contributed by atoms with van der Waals surface area (Å²) in [5.41, 5.74) is 0.673. The van der Waals surface area contributed by atoms with Gasteiger partial charge in [0, 0.05) is 16.9 Å². The summed E-state index contributed by atoms with van der Waals surface area (Å²) in [4.78, 5) is 12.4. The van der Waals surface area contributed by atoms with Gasteiger partial charge in [-0.2, -0.15) is 0 Å². The average molecular weight is 356 g/mol. The molecule has 118 valence electrons. The van der Waals surface area contributed by atoms with Gasteiger partial charge in [-0.25, -0.2) is 0 Å². The van der Waals surface area contributed by atoms with Crippen LogP contribution in [0.2, 0.25) is 0 Å². The van der Waals surface area contributed by atoms with E-state index in [0.717, 1.165) is 23.9 Å². The summed E-state index contributed by atoms with van der Waals surface area (Å²) >= 11 is 3.46. The predicted molar refractivity (Wildman–Crippen MR) is 91.3 cm³/mol. The Morgan fingerprint density at radius 2 is 2.10 bits per heavy atom. The molecule has 0 spiro atoms. The third-order valence-corrected chi connectivity index (χ3v) is 3.78. The van der Waals surface area contributed by atoms with E-state index in [1.165, 1.54) is 0 Å². The zero-order chi connectivity index (χ0) is 15.9. The van der Waals surface area contributed by atoms with E-state index < -0.39 is 0 Å². The number of amides is 1. The highest BCUT2D eigenvalue weighted by molar-refractivity contribution is 9.09. The fraction of sp³-hybridized carbons (Fsp3) is 0.588. The third-order valence-electron chi connectivity index (χ3n) is 3.32. The van der Waals surface area contributed by atoms with Crippen molar-refractivity contribution in [3.05, 3.63) is 29.8 Å². The van der Waals surface area contributed by atoms with Gasteiger partial charge in [0.2, 0.25) is 0 Å². The van der Waals surface area contributed by atoms with Crippen molar-refractivity contribution in [3.63, 3.8) is 0 Å². The summed E-state index contributed by atoms with van der Waals surface area (Å²) in [6.45, 7) is 9.15. The fourth-order valence-corrected chi connectivity index (χ4v) is 2.48. The number of rotatable bonds is 7. The summed E-state index contributed by atoms with van der Waals surface area (Å²) in [5, 5.41) is 4.00. The lowest BCUT2D eigenvalue weighted by Gasteiger charge is -2.31. The number of carbonyl (C=O) groups is 1. The van der Waals surface area contributed by atoms with E-state index in [0.29, 0.717) is 12.2 Å². The van der Waals surface area contributed by atoms with Crippen molar-refractivity contribution in [2.75, 3.05) is 11.9 Å². The van der Waals surface area contributed by atoms with Crippen LogP contribution >= 0.6 is 15.9 Å². The molecule has 0 saturated carbocycles. The van der Waals surface area contributed by atoms with Gasteiger partial charge < -0.3 is 10.1 Å². The van der Waals surface area contributed by atoms with Gasteiger partial charge in [-0.15, -0.1) is 0 Å². The molecule has 4 heteroatoms. The molecule has 0 aliphatic heterocycles. The van der Waals surface area contributed by atoms with E-state index >= 15 is 0 Å². The van der Waals surface area contributed by atoms with Gasteiger partial charge in [-0.1, -0.05) is 49.7 Å². The Labute approximate surface area is 136 Å². The van der Waals surface area contributed by atoms with E-state index in [2.05, 4.69) is 48.9 Å². The molecule has 1 amide bonds. The highest BCUT2D eigenvalue weighted by Crippen LogP contribution is 2.23. The Hall–Kier alpha value is -1.03. The number of hydrogen-bond donors (Lipinski definition) is 1. The second-order valence-electron chi connectivity index (χ2n) is 6.25. The lowest BCUT2D eigenvalue weighted by atomic mass is 9.85. The van der Waals surface area contributed by atoms with Crippen LogP contribution in [0.3, 0.4) is 0 Å². The minimum absolute atomic E-state index is 0.0275. The second kappa shape index (κ2) is 8.42. The van der Waals surface area contributed by atoms with Crippen molar-refractivity contribution >= 4 is 21.8 Å². The van der Waals surface area contributed by atoms with Crippen molar-refractivity contribution in [1.29, 1.82) is 0 Å². The molecule has 0 bridgehead atoms.